The maximum atomic E-state index is 13.1. The van der Waals surface area contributed by atoms with Gasteiger partial charge in [-0.3, -0.25) is 9.20 Å². The van der Waals surface area contributed by atoms with Gasteiger partial charge in [-0.05, 0) is 119 Å². The van der Waals surface area contributed by atoms with Crippen molar-refractivity contribution >= 4 is 38.4 Å². The van der Waals surface area contributed by atoms with Gasteiger partial charge >= 0.3 is 0 Å². The van der Waals surface area contributed by atoms with Crippen molar-refractivity contribution in [1.29, 1.82) is 0 Å². The number of fused-ring (bicyclic) bond motifs is 1. The number of likely N-dealkylation sites (tertiary alicyclic amines) is 1. The van der Waals surface area contributed by atoms with Crippen LogP contribution in [0.2, 0.25) is 13.1 Å². The van der Waals surface area contributed by atoms with Crippen LogP contribution < -0.4 is 10.1 Å². The topological polar surface area (TPSA) is 68.1 Å². The molecule has 1 fully saturated rings. The maximum absolute atomic E-state index is 13.1. The van der Waals surface area contributed by atoms with Crippen molar-refractivity contribution in [3.63, 3.8) is 0 Å². The molecule has 6 rings (SSSR count). The molecule has 2 unspecified atom stereocenters. The molecule has 1 amide bonds. The highest BCUT2D eigenvalue weighted by Crippen LogP contribution is 2.46. The van der Waals surface area contributed by atoms with Crippen LogP contribution in [0.5, 0.6) is 5.75 Å². The van der Waals surface area contributed by atoms with Crippen molar-refractivity contribution in [2.45, 2.75) is 109 Å². The number of benzene rings is 1. The van der Waals surface area contributed by atoms with E-state index in [9.17, 15) is 4.79 Å². The summed E-state index contributed by atoms with van der Waals surface area (Å²) < 4.78 is 15.9. The van der Waals surface area contributed by atoms with Gasteiger partial charge in [0.15, 0.2) is 9.04 Å². The van der Waals surface area contributed by atoms with Crippen LogP contribution in [0.1, 0.15) is 80.5 Å². The number of carbonyl (C=O) groups excluding carboxylic acids is 1. The number of nitrogens with one attached hydrogen (secondary N) is 1. The number of ether oxygens (including phenoxy) is 1. The van der Waals surface area contributed by atoms with E-state index in [0.717, 1.165) is 78.9 Å². The number of thioether (sulfide) groups is 1. The number of nitrogens with zero attached hydrogens (tertiary/aromatic N) is 3. The largest absolute Gasteiger partial charge is 0.484 e. The number of hydrogen-bond acceptors (Lipinski definition) is 6. The zero-order valence-corrected chi connectivity index (χ0v) is 31.2. The van der Waals surface area contributed by atoms with Gasteiger partial charge in [0.2, 0.25) is 0 Å². The SMILES string of the molecule is Cc1c(C)c(C(C)(C)C)c(C)c2c1OC(C)(CCN1CCC(CNC(=O)C3=Cc4cnc5cccc(n45)S3)CC1)C(O[SiH](C)C)C2. The molecule has 9 heteroatoms. The molecule has 0 spiro atoms. The molecule has 1 aromatic carbocycles. The fourth-order valence-corrected chi connectivity index (χ4v) is 9.89. The molecule has 0 aliphatic carbocycles. The monoisotopic (exact) mass is 660 g/mol. The molecular weight excluding hydrogens is 609 g/mol. The molecule has 1 saturated heterocycles. The van der Waals surface area contributed by atoms with Crippen LogP contribution >= 0.6 is 11.8 Å². The van der Waals surface area contributed by atoms with Crippen molar-refractivity contribution < 1.29 is 14.0 Å². The molecule has 3 aliphatic rings. The summed E-state index contributed by atoms with van der Waals surface area (Å²) in [6, 6.07) is 6.03. The van der Waals surface area contributed by atoms with Gasteiger partial charge in [0, 0.05) is 31.5 Å². The second-order valence-corrected chi connectivity index (χ2v) is 18.6. The van der Waals surface area contributed by atoms with Crippen LogP contribution in [-0.4, -0.2) is 67.1 Å². The van der Waals surface area contributed by atoms with Gasteiger partial charge in [-0.1, -0.05) is 38.6 Å². The van der Waals surface area contributed by atoms with E-state index in [0.29, 0.717) is 5.92 Å². The Morgan fingerprint density at radius 2 is 1.89 bits per heavy atom. The number of rotatable bonds is 8. The highest BCUT2D eigenvalue weighted by molar-refractivity contribution is 8.04. The first kappa shape index (κ1) is 33.3. The predicted octanol–water partition coefficient (Wildman–Crippen LogP) is 6.98. The molecule has 0 bridgehead atoms. The van der Waals surface area contributed by atoms with Gasteiger partial charge in [0.25, 0.3) is 5.91 Å². The summed E-state index contributed by atoms with van der Waals surface area (Å²) in [6.45, 7) is 24.4. The molecule has 2 atom stereocenters. The molecule has 3 aliphatic heterocycles. The van der Waals surface area contributed by atoms with Crippen molar-refractivity contribution in [1.82, 2.24) is 19.6 Å². The summed E-state index contributed by atoms with van der Waals surface area (Å²) in [5.41, 5.74) is 8.41. The Morgan fingerprint density at radius 1 is 1.15 bits per heavy atom. The van der Waals surface area contributed by atoms with E-state index < -0.39 is 9.04 Å². The van der Waals surface area contributed by atoms with Gasteiger partial charge in [0.05, 0.1) is 27.9 Å². The lowest BCUT2D eigenvalue weighted by Crippen LogP contribution is -2.54. The van der Waals surface area contributed by atoms with E-state index >= 15 is 0 Å². The van der Waals surface area contributed by atoms with Crippen molar-refractivity contribution in [3.8, 4) is 5.75 Å². The fourth-order valence-electron chi connectivity index (χ4n) is 7.85. The van der Waals surface area contributed by atoms with Gasteiger partial charge in [-0.15, -0.1) is 0 Å². The second kappa shape index (κ2) is 12.8. The van der Waals surface area contributed by atoms with Crippen LogP contribution in [0.4, 0.5) is 0 Å². The summed E-state index contributed by atoms with van der Waals surface area (Å²) >= 11 is 1.52. The zero-order chi connectivity index (χ0) is 33.0. The molecule has 0 radical (unpaired) electrons. The van der Waals surface area contributed by atoms with Gasteiger partial charge in [0.1, 0.15) is 17.0 Å². The molecule has 1 N–H and O–H groups in total. The van der Waals surface area contributed by atoms with Gasteiger partial charge in [-0.25, -0.2) is 4.98 Å². The van der Waals surface area contributed by atoms with Crippen LogP contribution in [0.25, 0.3) is 11.7 Å². The Labute approximate surface area is 281 Å². The van der Waals surface area contributed by atoms with Crippen LogP contribution in [0, 0.1) is 26.7 Å². The standard InChI is InChI=1S/C37H52N4O3SSi/c1-23-24(2)34-28(25(3)33(23)36(4,5)6)20-30(44-46(8)9)37(7,43-34)15-18-40-16-13-26(14-17-40)21-39-35(42)29-19-27-22-38-31-11-10-12-32(45-29)41(27)31/h10-12,19,22,26,30,46H,13-18,20-21H2,1-9H3,(H,39,42). The van der Waals surface area contributed by atoms with Crippen molar-refractivity contribution in [2.75, 3.05) is 26.2 Å². The number of aromatic nitrogens is 2. The van der Waals surface area contributed by atoms with E-state index in [2.05, 4.69) is 81.2 Å². The lowest BCUT2D eigenvalue weighted by molar-refractivity contribution is -0.117. The minimum Gasteiger partial charge on any atom is -0.484 e. The summed E-state index contributed by atoms with van der Waals surface area (Å²) in [5.74, 6) is 1.60. The average molecular weight is 661 g/mol. The number of amides is 1. The Bertz CT molecular complexity index is 1670. The summed E-state index contributed by atoms with van der Waals surface area (Å²) in [6.07, 6.45) is 7.88. The van der Waals surface area contributed by atoms with Crippen LogP contribution in [0.15, 0.2) is 34.3 Å². The summed E-state index contributed by atoms with van der Waals surface area (Å²) in [7, 11) is -1.28. The number of piperidine rings is 1. The van der Waals surface area contributed by atoms with Crippen LogP contribution in [0.3, 0.4) is 0 Å². The normalized spacial score (nSPS) is 22.1. The van der Waals surface area contributed by atoms with E-state index in [4.69, 9.17) is 9.16 Å². The molecule has 7 nitrogen and oxygen atoms in total. The third kappa shape index (κ3) is 6.45. The Morgan fingerprint density at radius 3 is 2.59 bits per heavy atom. The first-order valence-corrected chi connectivity index (χ1v) is 20.7. The zero-order valence-electron chi connectivity index (χ0n) is 29.3. The first-order chi connectivity index (χ1) is 21.7. The molecule has 248 valence electrons. The lowest BCUT2D eigenvalue weighted by Gasteiger charge is -2.46. The molecule has 46 heavy (non-hydrogen) atoms. The van der Waals surface area contributed by atoms with E-state index in [1.54, 1.807) is 0 Å². The summed E-state index contributed by atoms with van der Waals surface area (Å²) in [4.78, 5) is 20.9. The molecule has 0 saturated carbocycles. The van der Waals surface area contributed by atoms with Gasteiger partial charge in [-0.2, -0.15) is 0 Å². The number of pyridine rings is 1. The number of carbonyl (C=O) groups is 1. The predicted molar refractivity (Wildman–Crippen MR) is 192 cm³/mol. The average Bonchev–Trinajstić information content (AvgIpc) is 3.42. The fraction of sp³-hybridized carbons (Fsp3) is 0.568. The first-order valence-electron chi connectivity index (χ1n) is 17.1. The Kier molecular flexibility index (Phi) is 9.26. The Balaban J connectivity index is 1.06. The third-order valence-electron chi connectivity index (χ3n) is 10.4. The molecule has 5 heterocycles. The van der Waals surface area contributed by atoms with Crippen molar-refractivity contribution in [2.24, 2.45) is 5.92 Å². The third-order valence-corrected chi connectivity index (χ3v) is 12.3. The number of imidazole rings is 1. The van der Waals surface area contributed by atoms with E-state index in [-0.39, 0.29) is 23.0 Å². The molecule has 3 aromatic rings. The highest BCUT2D eigenvalue weighted by Gasteiger charge is 2.44. The molecular formula is C37H52N4O3SSi. The lowest BCUT2D eigenvalue weighted by atomic mass is 9.75. The smallest absolute Gasteiger partial charge is 0.258 e. The van der Waals surface area contributed by atoms with Gasteiger partial charge < -0.3 is 19.4 Å². The van der Waals surface area contributed by atoms with E-state index in [1.165, 1.54) is 39.6 Å². The van der Waals surface area contributed by atoms with Crippen LogP contribution in [-0.2, 0) is 21.1 Å². The van der Waals surface area contributed by atoms with Crippen molar-refractivity contribution in [3.05, 3.63) is 62.8 Å². The Hall–Kier alpha value is -2.59. The summed E-state index contributed by atoms with van der Waals surface area (Å²) in [5, 5.41) is 4.26. The quantitative estimate of drug-likeness (QED) is 0.263. The van der Waals surface area contributed by atoms with E-state index in [1.807, 2.05) is 30.5 Å². The highest BCUT2D eigenvalue weighted by atomic mass is 32.2. The molecule has 2 aromatic heterocycles. The minimum absolute atomic E-state index is 0.00895. The number of hydrogen-bond donors (Lipinski definition) is 1. The minimum atomic E-state index is -1.28. The maximum Gasteiger partial charge on any atom is 0.258 e. The second-order valence-electron chi connectivity index (χ2n) is 15.2.